The summed E-state index contributed by atoms with van der Waals surface area (Å²) >= 11 is 1.28. The second-order valence-electron chi connectivity index (χ2n) is 7.38. The molecule has 31 heavy (non-hydrogen) atoms. The minimum Gasteiger partial charge on any atom is -0.325 e. The highest BCUT2D eigenvalue weighted by atomic mass is 32.2. The van der Waals surface area contributed by atoms with Gasteiger partial charge in [-0.2, -0.15) is 5.26 Å². The van der Waals surface area contributed by atoms with Gasteiger partial charge in [-0.15, -0.1) is 0 Å². The molecule has 1 aliphatic rings. The predicted molar refractivity (Wildman–Crippen MR) is 121 cm³/mol. The van der Waals surface area contributed by atoms with E-state index < -0.39 is 0 Å². The Labute approximate surface area is 185 Å². The molecule has 3 aromatic rings. The Morgan fingerprint density at radius 2 is 1.71 bits per heavy atom. The van der Waals surface area contributed by atoms with E-state index in [0.29, 0.717) is 27.4 Å². The number of carbonyl (C=O) groups excluding carboxylic acids is 2. The highest BCUT2D eigenvalue weighted by Gasteiger charge is 2.16. The van der Waals surface area contributed by atoms with Crippen LogP contribution >= 0.6 is 11.8 Å². The second-order valence-corrected chi connectivity index (χ2v) is 8.34. The first kappa shape index (κ1) is 20.8. The van der Waals surface area contributed by atoms with Gasteiger partial charge in [-0.25, -0.2) is 4.98 Å². The van der Waals surface area contributed by atoms with Gasteiger partial charge in [0.1, 0.15) is 11.1 Å². The van der Waals surface area contributed by atoms with Gasteiger partial charge >= 0.3 is 0 Å². The number of aromatic nitrogens is 1. The molecule has 1 N–H and O–H groups in total. The molecule has 6 heteroatoms. The largest absolute Gasteiger partial charge is 0.325 e. The van der Waals surface area contributed by atoms with Crippen LogP contribution in [0.15, 0.2) is 65.7 Å². The SMILES string of the molecule is N#Cc1cc2c(nc1SCC(=O)Nc1ccc(C(=O)c3ccccc3)cc1)CCCC2. The maximum Gasteiger partial charge on any atom is 0.234 e. The van der Waals surface area contributed by atoms with Crippen LogP contribution in [0.4, 0.5) is 5.69 Å². The Bertz CT molecular complexity index is 1150. The van der Waals surface area contributed by atoms with Crippen molar-refractivity contribution >= 4 is 29.1 Å². The number of carbonyl (C=O) groups is 2. The second kappa shape index (κ2) is 9.59. The average Bonchev–Trinajstić information content (AvgIpc) is 2.82. The summed E-state index contributed by atoms with van der Waals surface area (Å²) in [6.45, 7) is 0. The summed E-state index contributed by atoms with van der Waals surface area (Å²) in [6, 6.07) is 20.0. The van der Waals surface area contributed by atoms with Crippen molar-refractivity contribution in [3.05, 3.63) is 88.6 Å². The number of rotatable bonds is 6. The first-order valence-corrected chi connectivity index (χ1v) is 11.2. The van der Waals surface area contributed by atoms with E-state index in [-0.39, 0.29) is 17.4 Å². The van der Waals surface area contributed by atoms with Gasteiger partial charge in [0.25, 0.3) is 0 Å². The van der Waals surface area contributed by atoms with Gasteiger partial charge < -0.3 is 5.32 Å². The number of fused-ring (bicyclic) bond motifs is 1. The maximum atomic E-state index is 12.5. The number of anilines is 1. The summed E-state index contributed by atoms with van der Waals surface area (Å²) in [6.07, 6.45) is 4.13. The first-order chi connectivity index (χ1) is 15.1. The Kier molecular flexibility index (Phi) is 6.44. The summed E-state index contributed by atoms with van der Waals surface area (Å²) in [5.41, 5.74) is 4.54. The number of nitriles is 1. The number of aryl methyl sites for hydroxylation is 2. The molecule has 0 unspecified atom stereocenters. The molecule has 1 aliphatic carbocycles. The Morgan fingerprint density at radius 1 is 1.00 bits per heavy atom. The van der Waals surface area contributed by atoms with Gasteiger partial charge in [0, 0.05) is 22.5 Å². The van der Waals surface area contributed by atoms with E-state index in [0.717, 1.165) is 36.9 Å². The topological polar surface area (TPSA) is 82.8 Å². The van der Waals surface area contributed by atoms with E-state index in [1.54, 1.807) is 36.4 Å². The zero-order valence-electron chi connectivity index (χ0n) is 16.9. The Balaban J connectivity index is 1.37. The summed E-state index contributed by atoms with van der Waals surface area (Å²) in [4.78, 5) is 29.5. The van der Waals surface area contributed by atoms with Gasteiger partial charge in [0.15, 0.2) is 5.78 Å². The Hall–Kier alpha value is -3.43. The van der Waals surface area contributed by atoms with Crippen LogP contribution in [0, 0.1) is 11.3 Å². The average molecular weight is 428 g/mol. The van der Waals surface area contributed by atoms with Crippen LogP contribution < -0.4 is 5.32 Å². The van der Waals surface area contributed by atoms with Gasteiger partial charge in [-0.05, 0) is 61.6 Å². The molecule has 0 aliphatic heterocycles. The fraction of sp³-hybridized carbons (Fsp3) is 0.200. The fourth-order valence-corrected chi connectivity index (χ4v) is 4.37. The molecule has 0 radical (unpaired) electrons. The minimum atomic E-state index is -0.185. The third-order valence-electron chi connectivity index (χ3n) is 5.19. The van der Waals surface area contributed by atoms with E-state index in [1.807, 2.05) is 24.3 Å². The predicted octanol–water partition coefficient (Wildman–Crippen LogP) is 4.79. The zero-order chi connectivity index (χ0) is 21.6. The van der Waals surface area contributed by atoms with Crippen LogP contribution in [-0.2, 0) is 17.6 Å². The lowest BCUT2D eigenvalue weighted by Crippen LogP contribution is -2.15. The van der Waals surface area contributed by atoms with Crippen molar-refractivity contribution in [1.29, 1.82) is 5.26 Å². The molecule has 154 valence electrons. The molecule has 1 amide bonds. The zero-order valence-corrected chi connectivity index (χ0v) is 17.7. The molecule has 0 spiro atoms. The number of nitrogens with zero attached hydrogens (tertiary/aromatic N) is 2. The third kappa shape index (κ3) is 5.01. The number of amides is 1. The van der Waals surface area contributed by atoms with Gasteiger partial charge in [0.05, 0.1) is 11.3 Å². The quantitative estimate of drug-likeness (QED) is 0.452. The first-order valence-electron chi connectivity index (χ1n) is 10.2. The molecule has 1 aromatic heterocycles. The highest BCUT2D eigenvalue weighted by molar-refractivity contribution is 8.00. The number of nitrogens with one attached hydrogen (secondary N) is 1. The molecule has 2 aromatic carbocycles. The molecule has 0 saturated heterocycles. The van der Waals surface area contributed by atoms with Crippen molar-refractivity contribution in [2.75, 3.05) is 11.1 Å². The van der Waals surface area contributed by atoms with E-state index in [4.69, 9.17) is 0 Å². The van der Waals surface area contributed by atoms with Crippen molar-refractivity contribution < 1.29 is 9.59 Å². The lowest BCUT2D eigenvalue weighted by molar-refractivity contribution is -0.113. The normalized spacial score (nSPS) is 12.5. The highest BCUT2D eigenvalue weighted by Crippen LogP contribution is 2.27. The third-order valence-corrected chi connectivity index (χ3v) is 6.18. The van der Waals surface area contributed by atoms with Crippen LogP contribution in [0.3, 0.4) is 0 Å². The number of ketones is 1. The van der Waals surface area contributed by atoms with Crippen LogP contribution in [-0.4, -0.2) is 22.4 Å². The van der Waals surface area contributed by atoms with Crippen molar-refractivity contribution in [3.8, 4) is 6.07 Å². The smallest absolute Gasteiger partial charge is 0.234 e. The van der Waals surface area contributed by atoms with Crippen LogP contribution in [0.1, 0.15) is 45.6 Å². The van der Waals surface area contributed by atoms with Gasteiger partial charge in [0.2, 0.25) is 5.91 Å². The molecule has 0 saturated carbocycles. The molecule has 1 heterocycles. The number of thioether (sulfide) groups is 1. The van der Waals surface area contributed by atoms with Crippen LogP contribution in [0.5, 0.6) is 0 Å². The number of pyridine rings is 1. The summed E-state index contributed by atoms with van der Waals surface area (Å²) < 4.78 is 0. The molecule has 4 rings (SSSR count). The molecule has 5 nitrogen and oxygen atoms in total. The van der Waals surface area contributed by atoms with E-state index in [9.17, 15) is 14.9 Å². The van der Waals surface area contributed by atoms with E-state index in [2.05, 4.69) is 16.4 Å². The van der Waals surface area contributed by atoms with Crippen molar-refractivity contribution in [1.82, 2.24) is 4.98 Å². The number of hydrogen-bond donors (Lipinski definition) is 1. The van der Waals surface area contributed by atoms with Gasteiger partial charge in [-0.3, -0.25) is 9.59 Å². The lowest BCUT2D eigenvalue weighted by Gasteiger charge is -2.16. The van der Waals surface area contributed by atoms with E-state index >= 15 is 0 Å². The monoisotopic (exact) mass is 427 g/mol. The lowest BCUT2D eigenvalue weighted by atomic mass is 9.95. The Morgan fingerprint density at radius 3 is 2.45 bits per heavy atom. The molecular formula is C25H21N3O2S. The fourth-order valence-electron chi connectivity index (χ4n) is 3.60. The summed E-state index contributed by atoms with van der Waals surface area (Å²) in [5.74, 6) is -0.0855. The molecule has 0 fully saturated rings. The summed E-state index contributed by atoms with van der Waals surface area (Å²) in [5, 5.41) is 12.9. The van der Waals surface area contributed by atoms with Gasteiger partial charge in [-0.1, -0.05) is 42.1 Å². The van der Waals surface area contributed by atoms with E-state index in [1.165, 1.54) is 11.8 Å². The molecule has 0 atom stereocenters. The van der Waals surface area contributed by atoms with Crippen molar-refractivity contribution in [2.45, 2.75) is 30.7 Å². The van der Waals surface area contributed by atoms with Crippen LogP contribution in [0.2, 0.25) is 0 Å². The number of benzene rings is 2. The standard InChI is InChI=1S/C25H21N3O2S/c26-15-20-14-19-8-4-5-9-22(19)28-25(20)31-16-23(29)27-21-12-10-18(11-13-21)24(30)17-6-2-1-3-7-17/h1-3,6-7,10-14H,4-5,8-9,16H2,(H,27,29). The maximum absolute atomic E-state index is 12.5. The molecule has 0 bridgehead atoms. The number of hydrogen-bond acceptors (Lipinski definition) is 5. The molecular weight excluding hydrogens is 406 g/mol. The summed E-state index contributed by atoms with van der Waals surface area (Å²) in [7, 11) is 0. The minimum absolute atomic E-state index is 0.0588. The van der Waals surface area contributed by atoms with Crippen LogP contribution in [0.25, 0.3) is 0 Å². The van der Waals surface area contributed by atoms with Crippen molar-refractivity contribution in [3.63, 3.8) is 0 Å². The van der Waals surface area contributed by atoms with Crippen molar-refractivity contribution in [2.24, 2.45) is 0 Å².